The van der Waals surface area contributed by atoms with Crippen LogP contribution in [0.4, 0.5) is 5.69 Å². The van der Waals surface area contributed by atoms with Crippen molar-refractivity contribution in [3.63, 3.8) is 0 Å². The second-order valence-corrected chi connectivity index (χ2v) is 4.15. The monoisotopic (exact) mass is 222 g/mol. The molecule has 1 aromatic carbocycles. The molecule has 0 bridgehead atoms. The zero-order valence-electron chi connectivity index (χ0n) is 9.69. The summed E-state index contributed by atoms with van der Waals surface area (Å²) in [6.45, 7) is 4.88. The quantitative estimate of drug-likeness (QED) is 0.745. The first-order chi connectivity index (χ1) is 7.50. The van der Waals surface area contributed by atoms with Gasteiger partial charge in [-0.2, -0.15) is 0 Å². The maximum Gasteiger partial charge on any atom is 0.248 e. The molecule has 4 N–H and O–H groups in total. The van der Waals surface area contributed by atoms with E-state index in [2.05, 4.69) is 13.8 Å². The lowest BCUT2D eigenvalue weighted by Gasteiger charge is -2.10. The largest absolute Gasteiger partial charge is 0.491 e. The van der Waals surface area contributed by atoms with Gasteiger partial charge in [0.05, 0.1) is 12.3 Å². The highest BCUT2D eigenvalue weighted by Gasteiger charge is 2.05. The van der Waals surface area contributed by atoms with E-state index < -0.39 is 5.91 Å². The molecule has 0 saturated heterocycles. The van der Waals surface area contributed by atoms with Crippen molar-refractivity contribution < 1.29 is 9.53 Å². The van der Waals surface area contributed by atoms with Crippen LogP contribution in [-0.2, 0) is 0 Å². The van der Waals surface area contributed by atoms with Crippen molar-refractivity contribution in [3.8, 4) is 5.75 Å². The molecule has 16 heavy (non-hydrogen) atoms. The van der Waals surface area contributed by atoms with Crippen LogP contribution in [0.3, 0.4) is 0 Å². The molecule has 0 aromatic heterocycles. The van der Waals surface area contributed by atoms with E-state index in [0.29, 0.717) is 29.5 Å². The van der Waals surface area contributed by atoms with E-state index in [1.807, 2.05) is 0 Å². The fourth-order valence-corrected chi connectivity index (χ4v) is 1.24. The fourth-order valence-electron chi connectivity index (χ4n) is 1.24. The van der Waals surface area contributed by atoms with Gasteiger partial charge in [-0.25, -0.2) is 0 Å². The van der Waals surface area contributed by atoms with Gasteiger partial charge in [0, 0.05) is 5.56 Å². The predicted molar refractivity (Wildman–Crippen MR) is 64.3 cm³/mol. The lowest BCUT2D eigenvalue weighted by molar-refractivity contribution is 0.100. The van der Waals surface area contributed by atoms with Gasteiger partial charge < -0.3 is 16.2 Å². The Morgan fingerprint density at radius 2 is 2.12 bits per heavy atom. The van der Waals surface area contributed by atoms with Crippen molar-refractivity contribution in [2.45, 2.75) is 20.3 Å². The van der Waals surface area contributed by atoms with Crippen LogP contribution in [0.5, 0.6) is 5.75 Å². The van der Waals surface area contributed by atoms with E-state index in [1.165, 1.54) is 6.07 Å². The Morgan fingerprint density at radius 1 is 1.44 bits per heavy atom. The summed E-state index contributed by atoms with van der Waals surface area (Å²) in [7, 11) is 0. The van der Waals surface area contributed by atoms with Gasteiger partial charge in [0.1, 0.15) is 5.75 Å². The molecule has 0 aliphatic rings. The van der Waals surface area contributed by atoms with Crippen LogP contribution in [0.2, 0.25) is 0 Å². The second kappa shape index (κ2) is 5.39. The van der Waals surface area contributed by atoms with Crippen LogP contribution in [-0.4, -0.2) is 12.5 Å². The summed E-state index contributed by atoms with van der Waals surface area (Å²) in [6, 6.07) is 4.83. The number of benzene rings is 1. The summed E-state index contributed by atoms with van der Waals surface area (Å²) < 4.78 is 5.51. The molecular weight excluding hydrogens is 204 g/mol. The summed E-state index contributed by atoms with van der Waals surface area (Å²) in [4.78, 5) is 10.9. The van der Waals surface area contributed by atoms with Gasteiger partial charge in [-0.3, -0.25) is 4.79 Å². The molecule has 0 unspecified atom stereocenters. The Labute approximate surface area is 95.6 Å². The SMILES string of the molecule is CC(C)CCOc1ccc(C(N)=O)cc1N. The van der Waals surface area contributed by atoms with Crippen molar-refractivity contribution in [2.24, 2.45) is 11.7 Å². The maximum absolute atomic E-state index is 10.9. The van der Waals surface area contributed by atoms with Gasteiger partial charge >= 0.3 is 0 Å². The minimum absolute atomic E-state index is 0.397. The molecule has 1 rings (SSSR count). The van der Waals surface area contributed by atoms with Crippen LogP contribution in [0, 0.1) is 5.92 Å². The number of primary amides is 1. The zero-order chi connectivity index (χ0) is 12.1. The highest BCUT2D eigenvalue weighted by Crippen LogP contribution is 2.22. The molecule has 4 heteroatoms. The van der Waals surface area contributed by atoms with Crippen molar-refractivity contribution in [2.75, 3.05) is 12.3 Å². The van der Waals surface area contributed by atoms with Crippen LogP contribution in [0.25, 0.3) is 0 Å². The Bertz CT molecular complexity index is 375. The first kappa shape index (κ1) is 12.4. The minimum atomic E-state index is -0.486. The molecule has 0 radical (unpaired) electrons. The molecular formula is C12H18N2O2. The van der Waals surface area contributed by atoms with E-state index in [1.54, 1.807) is 12.1 Å². The van der Waals surface area contributed by atoms with E-state index in [9.17, 15) is 4.79 Å². The predicted octanol–water partition coefficient (Wildman–Crippen LogP) is 1.79. The van der Waals surface area contributed by atoms with Gasteiger partial charge in [0.25, 0.3) is 0 Å². The van der Waals surface area contributed by atoms with E-state index >= 15 is 0 Å². The van der Waals surface area contributed by atoms with Crippen LogP contribution < -0.4 is 16.2 Å². The normalized spacial score (nSPS) is 10.4. The summed E-state index contributed by atoms with van der Waals surface area (Å²) in [6.07, 6.45) is 0.969. The molecule has 0 atom stereocenters. The first-order valence-electron chi connectivity index (χ1n) is 5.33. The van der Waals surface area contributed by atoms with Gasteiger partial charge in [0.2, 0.25) is 5.91 Å². The number of carbonyl (C=O) groups is 1. The number of carbonyl (C=O) groups excluding carboxylic acids is 1. The van der Waals surface area contributed by atoms with Gasteiger partial charge in [0.15, 0.2) is 0 Å². The smallest absolute Gasteiger partial charge is 0.248 e. The Hall–Kier alpha value is -1.71. The topological polar surface area (TPSA) is 78.3 Å². The van der Waals surface area contributed by atoms with Crippen molar-refractivity contribution >= 4 is 11.6 Å². The number of amides is 1. The van der Waals surface area contributed by atoms with Gasteiger partial charge in [-0.1, -0.05) is 13.8 Å². The number of hydrogen-bond acceptors (Lipinski definition) is 3. The second-order valence-electron chi connectivity index (χ2n) is 4.15. The molecule has 0 aliphatic heterocycles. The number of ether oxygens (including phenoxy) is 1. The Balaban J connectivity index is 2.64. The third kappa shape index (κ3) is 3.46. The van der Waals surface area contributed by atoms with Crippen LogP contribution >= 0.6 is 0 Å². The molecule has 0 saturated carbocycles. The van der Waals surface area contributed by atoms with E-state index in [4.69, 9.17) is 16.2 Å². The third-order valence-electron chi connectivity index (χ3n) is 2.25. The lowest BCUT2D eigenvalue weighted by Crippen LogP contribution is -2.11. The molecule has 0 heterocycles. The Morgan fingerprint density at radius 3 is 2.62 bits per heavy atom. The summed E-state index contributed by atoms with van der Waals surface area (Å²) in [5, 5.41) is 0. The summed E-state index contributed by atoms with van der Waals surface area (Å²) in [5.74, 6) is 0.706. The third-order valence-corrected chi connectivity index (χ3v) is 2.25. The van der Waals surface area contributed by atoms with Crippen molar-refractivity contribution in [3.05, 3.63) is 23.8 Å². The molecule has 4 nitrogen and oxygen atoms in total. The summed E-state index contributed by atoms with van der Waals surface area (Å²) >= 11 is 0. The molecule has 0 fully saturated rings. The van der Waals surface area contributed by atoms with Gasteiger partial charge in [-0.15, -0.1) is 0 Å². The van der Waals surface area contributed by atoms with Crippen molar-refractivity contribution in [1.82, 2.24) is 0 Å². The van der Waals surface area contributed by atoms with Crippen molar-refractivity contribution in [1.29, 1.82) is 0 Å². The maximum atomic E-state index is 10.9. The van der Waals surface area contributed by atoms with Crippen LogP contribution in [0.1, 0.15) is 30.6 Å². The summed E-state index contributed by atoms with van der Waals surface area (Å²) in [5.41, 5.74) is 11.7. The molecule has 1 aromatic rings. The van der Waals surface area contributed by atoms with E-state index in [-0.39, 0.29) is 0 Å². The standard InChI is InChI=1S/C12H18N2O2/c1-8(2)5-6-16-11-4-3-9(12(14)15)7-10(11)13/h3-4,7-8H,5-6,13H2,1-2H3,(H2,14,15). The fraction of sp³-hybridized carbons (Fsp3) is 0.417. The number of nitrogens with two attached hydrogens (primary N) is 2. The number of nitrogen functional groups attached to an aromatic ring is 1. The zero-order valence-corrected chi connectivity index (χ0v) is 9.69. The lowest BCUT2D eigenvalue weighted by atomic mass is 10.1. The highest BCUT2D eigenvalue weighted by molar-refractivity contribution is 5.94. The average molecular weight is 222 g/mol. The van der Waals surface area contributed by atoms with Crippen LogP contribution in [0.15, 0.2) is 18.2 Å². The number of rotatable bonds is 5. The average Bonchev–Trinajstić information content (AvgIpc) is 2.19. The van der Waals surface area contributed by atoms with E-state index in [0.717, 1.165) is 6.42 Å². The molecule has 1 amide bonds. The molecule has 0 spiro atoms. The Kier molecular flexibility index (Phi) is 4.17. The first-order valence-corrected chi connectivity index (χ1v) is 5.33. The number of hydrogen-bond donors (Lipinski definition) is 2. The molecule has 88 valence electrons. The van der Waals surface area contributed by atoms with Gasteiger partial charge in [-0.05, 0) is 30.5 Å². The minimum Gasteiger partial charge on any atom is -0.491 e. The molecule has 0 aliphatic carbocycles. The number of anilines is 1. The highest BCUT2D eigenvalue weighted by atomic mass is 16.5.